The molecule has 3 nitrogen and oxygen atoms in total. The summed E-state index contributed by atoms with van der Waals surface area (Å²) >= 11 is 0. The van der Waals surface area contributed by atoms with Gasteiger partial charge in [0.1, 0.15) is 0 Å². The van der Waals surface area contributed by atoms with Gasteiger partial charge >= 0.3 is 0 Å². The minimum absolute atomic E-state index is 0.0260. The van der Waals surface area contributed by atoms with Gasteiger partial charge in [-0.2, -0.15) is 0 Å². The van der Waals surface area contributed by atoms with Crippen LogP contribution in [-0.4, -0.2) is 32.0 Å². The number of hydrogen-bond donors (Lipinski definition) is 1. The van der Waals surface area contributed by atoms with Gasteiger partial charge in [-0.25, -0.2) is 8.42 Å². The average Bonchev–Trinajstić information content (AvgIpc) is 2.82. The van der Waals surface area contributed by atoms with Crippen LogP contribution in [0.15, 0.2) is 30.3 Å². The van der Waals surface area contributed by atoms with Crippen LogP contribution < -0.4 is 5.32 Å². The standard InChI is InChI=1S/C17H27NO2S/c1-4-21(19,20)13-14(2)18-16-10-11-17(3,12-16)15-8-6-5-7-9-15/h5-9,14,16,18H,4,10-13H2,1-3H3. The van der Waals surface area contributed by atoms with Crippen LogP contribution >= 0.6 is 0 Å². The highest BCUT2D eigenvalue weighted by Crippen LogP contribution is 2.40. The molecule has 2 rings (SSSR count). The van der Waals surface area contributed by atoms with Crippen molar-refractivity contribution in [3.63, 3.8) is 0 Å². The van der Waals surface area contributed by atoms with Crippen molar-refractivity contribution in [3.8, 4) is 0 Å². The highest BCUT2D eigenvalue weighted by atomic mass is 32.2. The molecule has 1 fully saturated rings. The lowest BCUT2D eigenvalue weighted by atomic mass is 9.81. The lowest BCUT2D eigenvalue weighted by Crippen LogP contribution is -2.40. The second-order valence-electron chi connectivity index (χ2n) is 6.63. The van der Waals surface area contributed by atoms with E-state index in [0.29, 0.717) is 6.04 Å². The lowest BCUT2D eigenvalue weighted by molar-refractivity contribution is 0.429. The summed E-state index contributed by atoms with van der Waals surface area (Å²) in [6, 6.07) is 11.1. The highest BCUT2D eigenvalue weighted by molar-refractivity contribution is 7.91. The molecule has 3 unspecified atom stereocenters. The third-order valence-corrected chi connectivity index (χ3v) is 6.56. The van der Waals surface area contributed by atoms with Gasteiger partial charge in [-0.3, -0.25) is 0 Å². The molecule has 0 aliphatic heterocycles. The Morgan fingerprint density at radius 1 is 1.33 bits per heavy atom. The summed E-state index contributed by atoms with van der Waals surface area (Å²) in [6.45, 7) is 6.01. The van der Waals surface area contributed by atoms with Gasteiger partial charge in [0.15, 0.2) is 9.84 Å². The Balaban J connectivity index is 1.94. The molecule has 1 aromatic rings. The van der Waals surface area contributed by atoms with Crippen LogP contribution in [0, 0.1) is 0 Å². The molecule has 0 bridgehead atoms. The van der Waals surface area contributed by atoms with Crippen LogP contribution in [0.1, 0.15) is 45.6 Å². The molecule has 1 aliphatic carbocycles. The van der Waals surface area contributed by atoms with Crippen molar-refractivity contribution in [1.29, 1.82) is 0 Å². The second kappa shape index (κ2) is 6.49. The van der Waals surface area contributed by atoms with Gasteiger partial charge in [-0.1, -0.05) is 44.2 Å². The fraction of sp³-hybridized carbons (Fsp3) is 0.647. The molecule has 0 saturated heterocycles. The molecule has 0 heterocycles. The van der Waals surface area contributed by atoms with Gasteiger partial charge in [0, 0.05) is 17.8 Å². The molecule has 1 aliphatic rings. The summed E-state index contributed by atoms with van der Waals surface area (Å²) < 4.78 is 23.4. The average molecular weight is 309 g/mol. The van der Waals surface area contributed by atoms with E-state index < -0.39 is 9.84 Å². The Morgan fingerprint density at radius 2 is 2.00 bits per heavy atom. The van der Waals surface area contributed by atoms with Crippen molar-refractivity contribution in [2.24, 2.45) is 0 Å². The fourth-order valence-electron chi connectivity index (χ4n) is 3.43. The summed E-state index contributed by atoms with van der Waals surface area (Å²) in [5.41, 5.74) is 1.60. The van der Waals surface area contributed by atoms with Crippen molar-refractivity contribution < 1.29 is 8.42 Å². The molecule has 0 radical (unpaired) electrons. The zero-order chi connectivity index (χ0) is 15.5. The molecule has 1 aromatic carbocycles. The predicted octanol–water partition coefficient (Wildman–Crippen LogP) is 2.91. The summed E-state index contributed by atoms with van der Waals surface area (Å²) in [6.07, 6.45) is 3.34. The Morgan fingerprint density at radius 3 is 2.62 bits per heavy atom. The predicted molar refractivity (Wildman–Crippen MR) is 88.4 cm³/mol. The van der Waals surface area contributed by atoms with Crippen LogP contribution in [0.5, 0.6) is 0 Å². The molecule has 4 heteroatoms. The normalized spacial score (nSPS) is 27.7. The zero-order valence-corrected chi connectivity index (χ0v) is 14.1. The molecular formula is C17H27NO2S. The Hall–Kier alpha value is -0.870. The molecule has 21 heavy (non-hydrogen) atoms. The number of benzene rings is 1. The summed E-state index contributed by atoms with van der Waals surface area (Å²) in [5.74, 6) is 0.466. The SMILES string of the molecule is CCS(=O)(=O)CC(C)NC1CCC(C)(c2ccccc2)C1. The Kier molecular flexibility index (Phi) is 5.10. The van der Waals surface area contributed by atoms with Crippen LogP contribution in [0.3, 0.4) is 0 Å². The summed E-state index contributed by atoms with van der Waals surface area (Å²) in [7, 11) is -2.90. The summed E-state index contributed by atoms with van der Waals surface area (Å²) in [5, 5.41) is 3.52. The minimum atomic E-state index is -2.90. The molecular weight excluding hydrogens is 282 g/mol. The molecule has 3 atom stereocenters. The van der Waals surface area contributed by atoms with E-state index in [2.05, 4.69) is 42.6 Å². The summed E-state index contributed by atoms with van der Waals surface area (Å²) in [4.78, 5) is 0. The van der Waals surface area contributed by atoms with Crippen LogP contribution in [0.4, 0.5) is 0 Å². The maximum atomic E-state index is 11.7. The molecule has 118 valence electrons. The van der Waals surface area contributed by atoms with E-state index in [1.165, 1.54) is 5.56 Å². The number of rotatable bonds is 6. The monoisotopic (exact) mass is 309 g/mol. The van der Waals surface area contributed by atoms with Crippen LogP contribution in [0.25, 0.3) is 0 Å². The van der Waals surface area contributed by atoms with E-state index in [4.69, 9.17) is 0 Å². The van der Waals surface area contributed by atoms with Gasteiger partial charge in [0.25, 0.3) is 0 Å². The minimum Gasteiger partial charge on any atom is -0.310 e. The van der Waals surface area contributed by atoms with Crippen molar-refractivity contribution in [3.05, 3.63) is 35.9 Å². The quantitative estimate of drug-likeness (QED) is 0.879. The van der Waals surface area contributed by atoms with Gasteiger partial charge < -0.3 is 5.32 Å². The maximum absolute atomic E-state index is 11.7. The van der Waals surface area contributed by atoms with Gasteiger partial charge in [-0.15, -0.1) is 0 Å². The second-order valence-corrected chi connectivity index (χ2v) is 9.03. The smallest absolute Gasteiger partial charge is 0.151 e. The maximum Gasteiger partial charge on any atom is 0.151 e. The zero-order valence-electron chi connectivity index (χ0n) is 13.3. The highest BCUT2D eigenvalue weighted by Gasteiger charge is 2.36. The van der Waals surface area contributed by atoms with Crippen molar-refractivity contribution in [2.45, 2.75) is 57.5 Å². The molecule has 1 N–H and O–H groups in total. The number of nitrogens with one attached hydrogen (secondary N) is 1. The molecule has 0 spiro atoms. The first-order valence-corrected chi connectivity index (χ1v) is 9.69. The van der Waals surface area contributed by atoms with Crippen LogP contribution in [-0.2, 0) is 15.3 Å². The van der Waals surface area contributed by atoms with Crippen LogP contribution in [0.2, 0.25) is 0 Å². The molecule has 1 saturated carbocycles. The first-order chi connectivity index (χ1) is 9.85. The van der Waals surface area contributed by atoms with Crippen molar-refractivity contribution in [2.75, 3.05) is 11.5 Å². The molecule has 0 amide bonds. The largest absolute Gasteiger partial charge is 0.310 e. The van der Waals surface area contributed by atoms with E-state index in [1.807, 2.05) is 6.92 Å². The van der Waals surface area contributed by atoms with E-state index in [1.54, 1.807) is 6.92 Å². The first-order valence-electron chi connectivity index (χ1n) is 7.87. The van der Waals surface area contributed by atoms with E-state index in [0.717, 1.165) is 19.3 Å². The number of sulfone groups is 1. The van der Waals surface area contributed by atoms with E-state index in [-0.39, 0.29) is 23.0 Å². The third kappa shape index (κ3) is 4.30. The van der Waals surface area contributed by atoms with Crippen molar-refractivity contribution in [1.82, 2.24) is 5.32 Å². The Bertz CT molecular complexity index is 555. The fourth-order valence-corrected chi connectivity index (χ4v) is 4.53. The van der Waals surface area contributed by atoms with E-state index >= 15 is 0 Å². The van der Waals surface area contributed by atoms with Gasteiger partial charge in [0.2, 0.25) is 0 Å². The third-order valence-electron chi connectivity index (χ3n) is 4.68. The van der Waals surface area contributed by atoms with Crippen molar-refractivity contribution >= 4 is 9.84 Å². The Labute approximate surface area is 129 Å². The van der Waals surface area contributed by atoms with Gasteiger partial charge in [0.05, 0.1) is 5.75 Å². The van der Waals surface area contributed by atoms with E-state index in [9.17, 15) is 8.42 Å². The number of hydrogen-bond acceptors (Lipinski definition) is 3. The first kappa shape index (κ1) is 16.5. The molecule has 0 aromatic heterocycles. The van der Waals surface area contributed by atoms with Gasteiger partial charge in [-0.05, 0) is 37.2 Å². The topological polar surface area (TPSA) is 46.2 Å². The lowest BCUT2D eigenvalue weighted by Gasteiger charge is -2.26.